The van der Waals surface area contributed by atoms with Gasteiger partial charge in [0.1, 0.15) is 72.2 Å². The van der Waals surface area contributed by atoms with Crippen molar-refractivity contribution < 1.29 is 103 Å². The van der Waals surface area contributed by atoms with E-state index in [9.17, 15) is 103 Å². The number of carbonyl (C=O) groups is 15. The van der Waals surface area contributed by atoms with Gasteiger partial charge in [-0.15, -0.1) is 0 Å². The highest BCUT2D eigenvalue weighted by Gasteiger charge is 2.42. The number of primary amides is 2. The summed E-state index contributed by atoms with van der Waals surface area (Å²) in [5, 5.41) is 79.1. The Balaban J connectivity index is 2.47. The van der Waals surface area contributed by atoms with Crippen molar-refractivity contribution in [3.63, 3.8) is 0 Å². The van der Waals surface area contributed by atoms with Crippen LogP contribution in [0.5, 0.6) is 5.75 Å². The van der Waals surface area contributed by atoms with Crippen molar-refractivity contribution in [3.8, 4) is 5.75 Å². The Hall–Kier alpha value is -8.70. The first kappa shape index (κ1) is 75.4. The Morgan fingerprint density at radius 1 is 0.534 bits per heavy atom. The second kappa shape index (κ2) is 37.1. The number of aliphatic hydroxyl groups excluding tert-OH is 2. The Labute approximate surface area is 509 Å². The molecule has 34 nitrogen and oxygen atoms in total. The summed E-state index contributed by atoms with van der Waals surface area (Å²) in [4.78, 5) is 198. The van der Waals surface area contributed by atoms with Gasteiger partial charge in [0.05, 0.1) is 38.9 Å². The number of carboxylic acids is 3. The zero-order chi connectivity index (χ0) is 66.7. The lowest BCUT2D eigenvalue weighted by molar-refractivity contribution is -0.145. The summed E-state index contributed by atoms with van der Waals surface area (Å²) >= 11 is 1.19. The molecular formula is C53H81N13O21S. The van der Waals surface area contributed by atoms with Crippen molar-refractivity contribution >= 4 is 101 Å². The number of hydrogen-bond donors (Lipinski definition) is 18. The molecule has 0 aromatic heterocycles. The number of phenols is 1. The molecule has 1 aromatic rings. The fourth-order valence-corrected chi connectivity index (χ4v) is 9.26. The Bertz CT molecular complexity index is 2680. The zero-order valence-electron chi connectivity index (χ0n) is 49.1. The maximum absolute atomic E-state index is 14.7. The van der Waals surface area contributed by atoms with Gasteiger partial charge in [-0.3, -0.25) is 67.1 Å². The normalized spacial score (nSPS) is 16.2. The minimum absolute atomic E-state index is 0.0325. The SMILES string of the molecule is CSCC[C@H](NC(=O)[C@H](CC(=O)O)NC(=O)[C@H](CO)NC(=O)[C@H](CC(N)=O)NC(=O)[C@H](CC(C)C)NC(=O)[C@@H](N)CO)C(=O)N[C@@H](Cc1ccc(O)cc1)C(=O)N1CCC[C@H]1C(=O)N[C@@H](CC(=O)O)C(=O)N[C@@H](CC(C)C)C(=O)N[C@@H](CC(N)=O)C(=O)O. The predicted octanol–water partition coefficient (Wildman–Crippen LogP) is -6.77. The Kier molecular flexibility index (Phi) is 31.8. The lowest BCUT2D eigenvalue weighted by atomic mass is 10.0. The van der Waals surface area contributed by atoms with E-state index in [0.29, 0.717) is 5.56 Å². The average Bonchev–Trinajstić information content (AvgIpc) is 4.11. The van der Waals surface area contributed by atoms with Crippen LogP contribution in [0.25, 0.3) is 0 Å². The number of benzene rings is 1. The van der Waals surface area contributed by atoms with Crippen LogP contribution in [0, 0.1) is 11.8 Å². The van der Waals surface area contributed by atoms with Crippen LogP contribution < -0.4 is 65.1 Å². The third-order valence-electron chi connectivity index (χ3n) is 13.2. The quantitative estimate of drug-likeness (QED) is 0.0291. The number of nitrogens with two attached hydrogens (primary N) is 3. The molecule has 1 aliphatic heterocycles. The Morgan fingerprint density at radius 2 is 0.932 bits per heavy atom. The molecule has 0 unspecified atom stereocenters. The molecule has 0 spiro atoms. The molecule has 1 heterocycles. The van der Waals surface area contributed by atoms with E-state index in [0.717, 1.165) is 4.90 Å². The third-order valence-corrected chi connectivity index (χ3v) is 13.8. The molecule has 0 saturated carbocycles. The van der Waals surface area contributed by atoms with Crippen molar-refractivity contribution in [3.05, 3.63) is 29.8 Å². The molecular weight excluding hydrogens is 1190 g/mol. The number of rotatable bonds is 39. The van der Waals surface area contributed by atoms with Crippen LogP contribution in [-0.2, 0) is 78.3 Å². The number of aliphatic hydroxyl groups is 2. The van der Waals surface area contributed by atoms with Gasteiger partial charge in [0.25, 0.3) is 0 Å². The van der Waals surface area contributed by atoms with Crippen LogP contribution in [0.1, 0.15) is 91.0 Å². The number of nitrogens with zero attached hydrogens (tertiary/aromatic N) is 1. The molecule has 0 bridgehead atoms. The molecule has 0 aliphatic carbocycles. The predicted molar refractivity (Wildman–Crippen MR) is 308 cm³/mol. The van der Waals surface area contributed by atoms with Gasteiger partial charge >= 0.3 is 17.9 Å². The summed E-state index contributed by atoms with van der Waals surface area (Å²) < 4.78 is 0. The first-order chi connectivity index (χ1) is 41.2. The monoisotopic (exact) mass is 1270 g/mol. The maximum atomic E-state index is 14.7. The summed E-state index contributed by atoms with van der Waals surface area (Å²) in [7, 11) is 0. The van der Waals surface area contributed by atoms with Gasteiger partial charge in [-0.2, -0.15) is 11.8 Å². The van der Waals surface area contributed by atoms with Gasteiger partial charge in [-0.25, -0.2) is 4.79 Å². The first-order valence-corrected chi connectivity index (χ1v) is 29.1. The molecule has 88 heavy (non-hydrogen) atoms. The van der Waals surface area contributed by atoms with E-state index in [-0.39, 0.29) is 68.4 Å². The van der Waals surface area contributed by atoms with Crippen LogP contribution in [0.15, 0.2) is 24.3 Å². The molecule has 1 saturated heterocycles. The van der Waals surface area contributed by atoms with Gasteiger partial charge in [0.2, 0.25) is 70.9 Å². The summed E-state index contributed by atoms with van der Waals surface area (Å²) in [5.74, 6) is -19.0. The lowest BCUT2D eigenvalue weighted by Crippen LogP contribution is -2.61. The first-order valence-electron chi connectivity index (χ1n) is 27.7. The third kappa shape index (κ3) is 26.1. The number of carbonyl (C=O) groups excluding carboxylic acids is 12. The highest BCUT2D eigenvalue weighted by Crippen LogP contribution is 2.22. The van der Waals surface area contributed by atoms with Crippen molar-refractivity contribution in [2.75, 3.05) is 31.8 Å². The number of amides is 12. The zero-order valence-corrected chi connectivity index (χ0v) is 49.9. The molecule has 21 N–H and O–H groups in total. The number of carboxylic acid groups (broad SMARTS) is 3. The fraction of sp³-hybridized carbons (Fsp3) is 0.604. The van der Waals surface area contributed by atoms with E-state index in [1.54, 1.807) is 34.0 Å². The molecule has 35 heteroatoms. The molecule has 1 aliphatic rings. The van der Waals surface area contributed by atoms with Crippen LogP contribution in [0.3, 0.4) is 0 Å². The molecule has 12 amide bonds. The summed E-state index contributed by atoms with van der Waals surface area (Å²) in [6.07, 6.45) is -2.91. The molecule has 2 rings (SSSR count). The van der Waals surface area contributed by atoms with E-state index in [2.05, 4.69) is 47.9 Å². The lowest BCUT2D eigenvalue weighted by Gasteiger charge is -2.31. The van der Waals surface area contributed by atoms with Gasteiger partial charge in [-0.05, 0) is 73.6 Å². The highest BCUT2D eigenvalue weighted by molar-refractivity contribution is 7.98. The van der Waals surface area contributed by atoms with Crippen molar-refractivity contribution in [1.29, 1.82) is 0 Å². The molecule has 1 aromatic carbocycles. The van der Waals surface area contributed by atoms with E-state index in [1.807, 2.05) is 0 Å². The minimum Gasteiger partial charge on any atom is -0.508 e. The average molecular weight is 1270 g/mol. The van der Waals surface area contributed by atoms with Crippen LogP contribution in [-0.4, -0.2) is 223 Å². The van der Waals surface area contributed by atoms with E-state index in [1.165, 1.54) is 36.0 Å². The van der Waals surface area contributed by atoms with Crippen molar-refractivity contribution in [2.45, 2.75) is 158 Å². The topological polar surface area (TPSA) is 567 Å². The smallest absolute Gasteiger partial charge is 0.326 e. The Morgan fingerprint density at radius 3 is 1.39 bits per heavy atom. The number of likely N-dealkylation sites (tertiary alicyclic amines) is 1. The number of thioether (sulfide) groups is 1. The number of aliphatic carboxylic acids is 3. The fourth-order valence-electron chi connectivity index (χ4n) is 8.79. The largest absolute Gasteiger partial charge is 0.508 e. The number of aromatic hydroxyl groups is 1. The molecule has 11 atom stereocenters. The second-order valence-electron chi connectivity index (χ2n) is 21.5. The van der Waals surface area contributed by atoms with Crippen molar-refractivity contribution in [2.24, 2.45) is 29.0 Å². The standard InChI is InChI=1S/C53H81N13O21S/c1-24(2)15-30(58-43(76)28(54)22-67)45(78)60-32(18-39(55)70)47(80)65-37(23-68)50(83)61-33(20-41(72)73)48(81)57-29(12-14-88-5)44(77)63-35(17-26-8-10-27(69)11-9-26)52(85)66-13-6-7-38(66)51(84)62-34(21-42(74)75)49(82)59-31(16-25(3)4)46(79)64-36(53(86)87)19-40(56)71/h8-11,24-25,28-38,67-69H,6-7,12-23,54H2,1-5H3,(H2,55,70)(H2,56,71)(H,57,81)(H,58,76)(H,59,82)(H,60,78)(H,61,83)(H,62,84)(H,63,77)(H,64,79)(H,65,80)(H,72,73)(H,74,75)(H,86,87)/t28-,29-,30-,31-,32-,33-,34-,35-,36-,37-,38-/m0/s1. The molecule has 0 radical (unpaired) electrons. The maximum Gasteiger partial charge on any atom is 0.326 e. The molecule has 1 fully saturated rings. The van der Waals surface area contributed by atoms with Crippen LogP contribution >= 0.6 is 11.8 Å². The van der Waals surface area contributed by atoms with Gasteiger partial charge in [-0.1, -0.05) is 39.8 Å². The number of nitrogens with one attached hydrogen (secondary N) is 9. The summed E-state index contributed by atoms with van der Waals surface area (Å²) in [6.45, 7) is 4.50. The highest BCUT2D eigenvalue weighted by atomic mass is 32.2. The summed E-state index contributed by atoms with van der Waals surface area (Å²) in [5.41, 5.74) is 16.4. The van der Waals surface area contributed by atoms with Crippen molar-refractivity contribution in [1.82, 2.24) is 52.8 Å². The summed E-state index contributed by atoms with van der Waals surface area (Å²) in [6, 6.07) is -13.3. The number of phenolic OH excluding ortho intramolecular Hbond substituents is 1. The molecule has 490 valence electrons. The van der Waals surface area contributed by atoms with Gasteiger partial charge in [0.15, 0.2) is 0 Å². The van der Waals surface area contributed by atoms with Gasteiger partial charge < -0.3 is 101 Å². The van der Waals surface area contributed by atoms with E-state index < -0.39 is 194 Å². The van der Waals surface area contributed by atoms with Crippen LogP contribution in [0.4, 0.5) is 0 Å². The minimum atomic E-state index is -2.06. The van der Waals surface area contributed by atoms with Crippen LogP contribution in [0.2, 0.25) is 0 Å². The number of hydrogen-bond acceptors (Lipinski definition) is 20. The van der Waals surface area contributed by atoms with E-state index >= 15 is 0 Å². The second-order valence-corrected chi connectivity index (χ2v) is 22.5. The van der Waals surface area contributed by atoms with E-state index in [4.69, 9.17) is 17.2 Å². The van der Waals surface area contributed by atoms with Gasteiger partial charge in [0, 0.05) is 13.0 Å².